The first-order valence-electron chi connectivity index (χ1n) is 8.07. The monoisotopic (exact) mass is 418 g/mol. The minimum Gasteiger partial charge on any atom is -0.463 e. The van der Waals surface area contributed by atoms with Crippen LogP contribution in [-0.4, -0.2) is 87.4 Å². The zero-order valence-electron chi connectivity index (χ0n) is 15.1. The van der Waals surface area contributed by atoms with Gasteiger partial charge in [0.05, 0.1) is 39.3 Å². The van der Waals surface area contributed by atoms with Crippen molar-refractivity contribution in [1.82, 2.24) is 0 Å². The van der Waals surface area contributed by atoms with Crippen molar-refractivity contribution < 1.29 is 47.5 Å². The molecule has 0 aliphatic heterocycles. The van der Waals surface area contributed by atoms with Gasteiger partial charge in [-0.15, -0.1) is 0 Å². The molecule has 0 radical (unpaired) electrons. The summed E-state index contributed by atoms with van der Waals surface area (Å²) in [6.07, 6.45) is -0.233. The number of rotatable bonds is 15. The standard InChI is InChI=1S/C14H28O10P2/c1-25(19,11-3-13(17)21-7-5-15)23-9-10-24-26(2,20)12-4-14(18)22-8-6-16/h15-16H,3-12H2,1-2H3. The molecular weight excluding hydrogens is 390 g/mol. The Balaban J connectivity index is 3.99. The van der Waals surface area contributed by atoms with E-state index in [0.29, 0.717) is 0 Å². The highest BCUT2D eigenvalue weighted by Crippen LogP contribution is 2.45. The summed E-state index contributed by atoms with van der Waals surface area (Å²) in [4.78, 5) is 22.6. The van der Waals surface area contributed by atoms with Crippen molar-refractivity contribution >= 4 is 26.7 Å². The lowest BCUT2D eigenvalue weighted by atomic mass is 10.5. The van der Waals surface area contributed by atoms with Gasteiger partial charge in [-0.2, -0.15) is 0 Å². The van der Waals surface area contributed by atoms with Crippen LogP contribution in [0.15, 0.2) is 0 Å². The number of esters is 2. The maximum Gasteiger partial charge on any atom is 0.306 e. The lowest BCUT2D eigenvalue weighted by Gasteiger charge is -2.16. The second-order valence-corrected chi connectivity index (χ2v) is 11.0. The van der Waals surface area contributed by atoms with Gasteiger partial charge in [-0.3, -0.25) is 18.7 Å². The Kier molecular flexibility index (Phi) is 13.0. The van der Waals surface area contributed by atoms with Gasteiger partial charge in [0.15, 0.2) is 0 Å². The maximum absolute atomic E-state index is 12.1. The molecule has 0 bridgehead atoms. The van der Waals surface area contributed by atoms with Crippen molar-refractivity contribution in [3.63, 3.8) is 0 Å². The molecule has 26 heavy (non-hydrogen) atoms. The van der Waals surface area contributed by atoms with E-state index in [1.807, 2.05) is 0 Å². The predicted molar refractivity (Wildman–Crippen MR) is 94.0 cm³/mol. The van der Waals surface area contributed by atoms with Crippen LogP contribution in [-0.2, 0) is 37.2 Å². The zero-order valence-corrected chi connectivity index (χ0v) is 16.9. The van der Waals surface area contributed by atoms with Gasteiger partial charge < -0.3 is 28.7 Å². The van der Waals surface area contributed by atoms with E-state index >= 15 is 0 Å². The van der Waals surface area contributed by atoms with E-state index in [0.717, 1.165) is 0 Å². The Bertz CT molecular complexity index is 476. The molecule has 154 valence electrons. The van der Waals surface area contributed by atoms with E-state index in [9.17, 15) is 18.7 Å². The molecule has 0 saturated heterocycles. The van der Waals surface area contributed by atoms with Crippen LogP contribution in [0, 0.1) is 0 Å². The van der Waals surface area contributed by atoms with Crippen LogP contribution in [0.5, 0.6) is 0 Å². The minimum absolute atomic E-state index is 0.0161. The smallest absolute Gasteiger partial charge is 0.306 e. The van der Waals surface area contributed by atoms with Crippen molar-refractivity contribution in [3.8, 4) is 0 Å². The van der Waals surface area contributed by atoms with E-state index in [2.05, 4.69) is 9.47 Å². The molecule has 12 heteroatoms. The number of ether oxygens (including phenoxy) is 2. The third-order valence-electron chi connectivity index (χ3n) is 2.96. The van der Waals surface area contributed by atoms with Gasteiger partial charge in [-0.1, -0.05) is 0 Å². The van der Waals surface area contributed by atoms with Gasteiger partial charge in [-0.05, 0) is 0 Å². The largest absolute Gasteiger partial charge is 0.463 e. The van der Waals surface area contributed by atoms with Crippen molar-refractivity contribution in [2.24, 2.45) is 0 Å². The number of aliphatic hydroxyl groups is 2. The van der Waals surface area contributed by atoms with Crippen LogP contribution in [0.3, 0.4) is 0 Å². The Hall–Kier alpha value is -0.760. The lowest BCUT2D eigenvalue weighted by molar-refractivity contribution is -0.145. The van der Waals surface area contributed by atoms with E-state index in [1.165, 1.54) is 13.3 Å². The minimum atomic E-state index is -3.04. The molecule has 0 aromatic rings. The number of hydrogen-bond acceptors (Lipinski definition) is 10. The molecule has 2 atom stereocenters. The van der Waals surface area contributed by atoms with E-state index < -0.39 is 26.7 Å². The molecule has 2 unspecified atom stereocenters. The molecular formula is C14H28O10P2. The molecule has 0 saturated carbocycles. The highest BCUT2D eigenvalue weighted by atomic mass is 31.2. The van der Waals surface area contributed by atoms with E-state index in [4.69, 9.17) is 19.3 Å². The number of hydrogen-bond donors (Lipinski definition) is 2. The van der Waals surface area contributed by atoms with Crippen LogP contribution in [0.4, 0.5) is 0 Å². The van der Waals surface area contributed by atoms with Crippen LogP contribution in [0.1, 0.15) is 12.8 Å². The summed E-state index contributed by atoms with van der Waals surface area (Å²) in [6.45, 7) is 1.81. The summed E-state index contributed by atoms with van der Waals surface area (Å²) in [5.74, 6) is -1.15. The summed E-state index contributed by atoms with van der Waals surface area (Å²) >= 11 is 0. The van der Waals surface area contributed by atoms with Crippen molar-refractivity contribution in [2.75, 3.05) is 65.3 Å². The van der Waals surface area contributed by atoms with E-state index in [1.54, 1.807) is 0 Å². The third kappa shape index (κ3) is 14.4. The van der Waals surface area contributed by atoms with Crippen LogP contribution >= 0.6 is 14.7 Å². The quantitative estimate of drug-likeness (QED) is 0.221. The maximum atomic E-state index is 12.1. The summed E-state index contributed by atoms with van der Waals surface area (Å²) in [5, 5.41) is 17.1. The Morgan fingerprint density at radius 3 is 1.38 bits per heavy atom. The Morgan fingerprint density at radius 1 is 0.731 bits per heavy atom. The zero-order chi connectivity index (χ0) is 20.1. The molecule has 0 amide bonds. The highest BCUT2D eigenvalue weighted by Gasteiger charge is 2.21. The molecule has 0 aliphatic rings. The molecule has 0 rings (SSSR count). The second kappa shape index (κ2) is 13.4. The summed E-state index contributed by atoms with van der Waals surface area (Å²) in [6, 6.07) is 0. The van der Waals surface area contributed by atoms with Crippen molar-refractivity contribution in [3.05, 3.63) is 0 Å². The van der Waals surface area contributed by atoms with Gasteiger partial charge in [0, 0.05) is 25.7 Å². The SMILES string of the molecule is CP(=O)(CCC(=O)OCCO)OCCOP(C)(=O)CCC(=O)OCCO. The topological polar surface area (TPSA) is 146 Å². The summed E-state index contributed by atoms with van der Waals surface area (Å²) < 4.78 is 44.0. The van der Waals surface area contributed by atoms with Gasteiger partial charge >= 0.3 is 11.9 Å². The highest BCUT2D eigenvalue weighted by molar-refractivity contribution is 7.58. The molecule has 2 N–H and O–H groups in total. The van der Waals surface area contributed by atoms with Gasteiger partial charge in [0.1, 0.15) is 13.2 Å². The fourth-order valence-corrected chi connectivity index (χ4v) is 4.00. The second-order valence-electron chi connectivity index (χ2n) is 5.53. The summed E-state index contributed by atoms with van der Waals surface area (Å²) in [5.41, 5.74) is 0. The van der Waals surface area contributed by atoms with Gasteiger partial charge in [-0.25, -0.2) is 0 Å². The Morgan fingerprint density at radius 2 is 1.08 bits per heavy atom. The molecule has 0 spiro atoms. The first kappa shape index (κ1) is 25.2. The number of carbonyl (C=O) groups is 2. The van der Waals surface area contributed by atoms with Crippen LogP contribution < -0.4 is 0 Å². The molecule has 0 aromatic heterocycles. The number of carbonyl (C=O) groups excluding carboxylic acids is 2. The van der Waals surface area contributed by atoms with Crippen LogP contribution in [0.25, 0.3) is 0 Å². The Labute approximate surface area is 153 Å². The molecule has 0 aliphatic carbocycles. The van der Waals surface area contributed by atoms with Gasteiger partial charge in [0.25, 0.3) is 0 Å². The molecule has 10 nitrogen and oxygen atoms in total. The van der Waals surface area contributed by atoms with Gasteiger partial charge in [0.2, 0.25) is 14.7 Å². The normalized spacial score (nSPS) is 15.7. The summed E-state index contributed by atoms with van der Waals surface area (Å²) in [7, 11) is -6.07. The fourth-order valence-electron chi connectivity index (χ4n) is 1.64. The molecule has 0 heterocycles. The molecule has 0 aromatic carbocycles. The fraction of sp³-hybridized carbons (Fsp3) is 0.857. The average molecular weight is 418 g/mol. The lowest BCUT2D eigenvalue weighted by Crippen LogP contribution is -2.12. The van der Waals surface area contributed by atoms with Crippen LogP contribution in [0.2, 0.25) is 0 Å². The van der Waals surface area contributed by atoms with Crippen molar-refractivity contribution in [1.29, 1.82) is 0 Å². The first-order valence-corrected chi connectivity index (χ1v) is 12.6. The molecule has 0 fully saturated rings. The average Bonchev–Trinajstić information content (AvgIpc) is 2.58. The predicted octanol–water partition coefficient (Wildman–Crippen LogP) is 0.687. The number of aliphatic hydroxyl groups excluding tert-OH is 2. The van der Waals surface area contributed by atoms with Crippen molar-refractivity contribution in [2.45, 2.75) is 12.8 Å². The van der Waals surface area contributed by atoms with E-state index in [-0.39, 0.29) is 64.8 Å². The first-order chi connectivity index (χ1) is 12.1. The third-order valence-corrected chi connectivity index (χ3v) is 6.49.